The number of nitrogens with zero attached hydrogens (tertiary/aromatic N) is 7. The summed E-state index contributed by atoms with van der Waals surface area (Å²) in [6.07, 6.45) is 20.5. The number of rotatable bonds is 7. The number of pyridine rings is 2. The highest BCUT2D eigenvalue weighted by atomic mass is 15.4. The van der Waals surface area contributed by atoms with E-state index in [0.717, 1.165) is 34.8 Å². The number of imidazole rings is 1. The smallest absolute Gasteiger partial charge is 0.137 e. The van der Waals surface area contributed by atoms with Crippen molar-refractivity contribution in [1.82, 2.24) is 39.2 Å². The summed E-state index contributed by atoms with van der Waals surface area (Å²) in [5, 5.41) is 12.4. The molecule has 172 valence electrons. The van der Waals surface area contributed by atoms with Gasteiger partial charge in [0.25, 0.3) is 0 Å². The van der Waals surface area contributed by atoms with Crippen molar-refractivity contribution in [3.63, 3.8) is 0 Å². The van der Waals surface area contributed by atoms with Crippen molar-refractivity contribution in [3.05, 3.63) is 85.0 Å². The Morgan fingerprint density at radius 1 is 0.971 bits per heavy atom. The summed E-state index contributed by atoms with van der Waals surface area (Å²) in [6.45, 7) is 1.46. The van der Waals surface area contributed by atoms with E-state index >= 15 is 0 Å². The highest BCUT2D eigenvalue weighted by Gasteiger charge is 2.13. The Morgan fingerprint density at radius 2 is 1.85 bits per heavy atom. The molecular weight excluding hydrogens is 424 g/mol. The van der Waals surface area contributed by atoms with Crippen molar-refractivity contribution in [2.45, 2.75) is 51.2 Å². The molecule has 0 radical (unpaired) electrons. The van der Waals surface area contributed by atoms with Crippen LogP contribution in [-0.2, 0) is 13.1 Å². The lowest BCUT2D eigenvalue weighted by Gasteiger charge is -2.22. The van der Waals surface area contributed by atoms with E-state index in [1.165, 1.54) is 37.7 Å². The fraction of sp³-hybridized carbons (Fsp3) is 0.308. The van der Waals surface area contributed by atoms with E-state index < -0.39 is 0 Å². The van der Waals surface area contributed by atoms with Gasteiger partial charge in [-0.3, -0.25) is 4.98 Å². The summed E-state index contributed by atoms with van der Waals surface area (Å²) in [7, 11) is 0. The molecule has 34 heavy (non-hydrogen) atoms. The van der Waals surface area contributed by atoms with Gasteiger partial charge in [-0.1, -0.05) is 30.5 Å². The lowest BCUT2D eigenvalue weighted by atomic mass is 9.95. The number of nitrogens with one attached hydrogen (secondary N) is 1. The van der Waals surface area contributed by atoms with Gasteiger partial charge in [0.15, 0.2) is 0 Å². The van der Waals surface area contributed by atoms with Crippen molar-refractivity contribution in [2.75, 3.05) is 0 Å². The molecule has 0 bridgehead atoms. The summed E-state index contributed by atoms with van der Waals surface area (Å²) >= 11 is 0. The molecule has 0 spiro atoms. The molecule has 6 rings (SSSR count). The van der Waals surface area contributed by atoms with Crippen molar-refractivity contribution in [2.24, 2.45) is 0 Å². The van der Waals surface area contributed by atoms with Crippen LogP contribution in [0.15, 0.2) is 73.7 Å². The Morgan fingerprint density at radius 3 is 2.74 bits per heavy atom. The minimum absolute atomic E-state index is 0.565. The minimum Gasteiger partial charge on any atom is -0.322 e. The van der Waals surface area contributed by atoms with Gasteiger partial charge >= 0.3 is 0 Å². The van der Waals surface area contributed by atoms with Crippen LogP contribution >= 0.6 is 0 Å². The molecule has 5 aromatic heterocycles. The zero-order chi connectivity index (χ0) is 22.7. The van der Waals surface area contributed by atoms with Gasteiger partial charge in [-0.2, -0.15) is 0 Å². The molecule has 0 aliphatic heterocycles. The predicted molar refractivity (Wildman–Crippen MR) is 131 cm³/mol. The molecule has 1 aliphatic rings. The number of hydrogen-bond acceptors (Lipinski definition) is 5. The maximum absolute atomic E-state index is 4.77. The molecule has 1 fully saturated rings. The van der Waals surface area contributed by atoms with Gasteiger partial charge in [-0.15, -0.1) is 5.10 Å². The van der Waals surface area contributed by atoms with E-state index in [-0.39, 0.29) is 0 Å². The Kier molecular flexibility index (Phi) is 5.64. The summed E-state index contributed by atoms with van der Waals surface area (Å²) in [5.74, 6) is 0. The van der Waals surface area contributed by atoms with Gasteiger partial charge in [0.1, 0.15) is 11.3 Å². The van der Waals surface area contributed by atoms with E-state index in [4.69, 9.17) is 4.98 Å². The molecule has 8 heteroatoms. The number of hydrogen-bond donors (Lipinski definition) is 1. The molecule has 1 N–H and O–H groups in total. The van der Waals surface area contributed by atoms with Gasteiger partial charge < -0.3 is 14.3 Å². The molecule has 0 atom stereocenters. The first-order valence-corrected chi connectivity index (χ1v) is 12.0. The van der Waals surface area contributed by atoms with Gasteiger partial charge in [0, 0.05) is 49.1 Å². The zero-order valence-electron chi connectivity index (χ0n) is 19.1. The highest BCUT2D eigenvalue weighted by Crippen LogP contribution is 2.20. The van der Waals surface area contributed by atoms with E-state index in [9.17, 15) is 0 Å². The Hall–Kier alpha value is -3.78. The third-order valence-corrected chi connectivity index (χ3v) is 6.55. The normalized spacial score (nSPS) is 14.7. The fourth-order valence-corrected chi connectivity index (χ4v) is 4.73. The maximum atomic E-state index is 4.77. The summed E-state index contributed by atoms with van der Waals surface area (Å²) in [5.41, 5.74) is 5.89. The Bertz CT molecular complexity index is 1380. The van der Waals surface area contributed by atoms with Crippen LogP contribution in [0.1, 0.15) is 43.4 Å². The van der Waals surface area contributed by atoms with Crippen LogP contribution in [0.25, 0.3) is 22.6 Å². The minimum atomic E-state index is 0.565. The van der Waals surface area contributed by atoms with Crippen LogP contribution in [0.5, 0.6) is 0 Å². The Balaban J connectivity index is 1.15. The Labute approximate surface area is 198 Å². The molecular formula is C26H28N8. The lowest BCUT2D eigenvalue weighted by molar-refractivity contribution is 0.372. The van der Waals surface area contributed by atoms with Crippen LogP contribution in [0.2, 0.25) is 0 Å². The van der Waals surface area contributed by atoms with E-state index in [2.05, 4.69) is 55.6 Å². The first-order valence-electron chi connectivity index (χ1n) is 12.0. The largest absolute Gasteiger partial charge is 0.322 e. The second-order valence-corrected chi connectivity index (χ2v) is 9.07. The quantitative estimate of drug-likeness (QED) is 0.399. The molecule has 5 heterocycles. The third-order valence-electron chi connectivity index (χ3n) is 6.55. The lowest BCUT2D eigenvalue weighted by Crippen LogP contribution is -2.30. The van der Waals surface area contributed by atoms with Crippen LogP contribution in [0.3, 0.4) is 0 Å². The zero-order valence-corrected chi connectivity index (χ0v) is 19.1. The molecule has 8 nitrogen and oxygen atoms in total. The average molecular weight is 453 g/mol. The van der Waals surface area contributed by atoms with Gasteiger partial charge in [0.2, 0.25) is 0 Å². The molecule has 0 amide bonds. The molecule has 1 saturated carbocycles. The SMILES string of the molecule is c1ccn(-c2cncc(-c3cn(Cc4cn5cc(CNC6CCCCC6)ccc5n4)nn3)c2)c1. The van der Waals surface area contributed by atoms with Gasteiger partial charge in [0.05, 0.1) is 30.3 Å². The molecule has 0 saturated heterocycles. The maximum Gasteiger partial charge on any atom is 0.137 e. The van der Waals surface area contributed by atoms with Gasteiger partial charge in [-0.05, 0) is 42.7 Å². The van der Waals surface area contributed by atoms with Crippen LogP contribution in [0, 0.1) is 0 Å². The number of fused-ring (bicyclic) bond motifs is 1. The fourth-order valence-electron chi connectivity index (χ4n) is 4.73. The van der Waals surface area contributed by atoms with Crippen LogP contribution in [0.4, 0.5) is 0 Å². The van der Waals surface area contributed by atoms with E-state index in [1.54, 1.807) is 0 Å². The van der Waals surface area contributed by atoms with Crippen molar-refractivity contribution in [1.29, 1.82) is 0 Å². The molecule has 5 aromatic rings. The van der Waals surface area contributed by atoms with Crippen LogP contribution in [-0.4, -0.2) is 40.0 Å². The topological polar surface area (TPSA) is 77.9 Å². The third kappa shape index (κ3) is 4.49. The standard InChI is InChI=1S/C26H28N8/c1-2-6-22(7-3-1)28-13-20-8-9-26-29-23(17-33(26)16-20)18-34-19-25(30-31-34)21-12-24(15-27-14-21)32-10-4-5-11-32/h4-5,8-12,14-17,19,22,28H,1-3,6-7,13,18H2. The van der Waals surface area contributed by atoms with Gasteiger partial charge in [-0.25, -0.2) is 9.67 Å². The summed E-state index contributed by atoms with van der Waals surface area (Å²) in [6, 6.07) is 11.0. The van der Waals surface area contributed by atoms with Crippen LogP contribution < -0.4 is 5.32 Å². The molecule has 1 aliphatic carbocycles. The monoisotopic (exact) mass is 452 g/mol. The van der Waals surface area contributed by atoms with Crippen molar-refractivity contribution < 1.29 is 0 Å². The second-order valence-electron chi connectivity index (χ2n) is 9.07. The molecule has 0 unspecified atom stereocenters. The predicted octanol–water partition coefficient (Wildman–Crippen LogP) is 4.25. The van der Waals surface area contributed by atoms with Crippen molar-refractivity contribution in [3.8, 4) is 16.9 Å². The number of aromatic nitrogens is 7. The second kappa shape index (κ2) is 9.23. The first-order chi connectivity index (χ1) is 16.8. The van der Waals surface area contributed by atoms with E-state index in [1.807, 2.05) is 52.4 Å². The first kappa shape index (κ1) is 20.8. The highest BCUT2D eigenvalue weighted by molar-refractivity contribution is 5.59. The average Bonchev–Trinajstić information content (AvgIpc) is 3.64. The van der Waals surface area contributed by atoms with E-state index in [0.29, 0.717) is 12.6 Å². The summed E-state index contributed by atoms with van der Waals surface area (Å²) in [4.78, 5) is 9.14. The summed E-state index contributed by atoms with van der Waals surface area (Å²) < 4.78 is 5.96. The van der Waals surface area contributed by atoms with Crippen molar-refractivity contribution >= 4 is 5.65 Å². The molecule has 0 aromatic carbocycles.